The number of nitrogens with one attached hydrogen (secondary N) is 1. The Morgan fingerprint density at radius 1 is 1.21 bits per heavy atom. The van der Waals surface area contributed by atoms with Crippen molar-refractivity contribution < 1.29 is 14.3 Å². The standard InChI is InChI=1S/C20H23NO3/c1-4-14-23-18-12-10-17(11-13-18)21-20(22)15(3)24-19-9-7-6-8-16(19)5-2/h4,6-13,15H,1,5,14H2,2-3H3,(H,21,22)/t15-/m1/s1. The second-order valence-electron chi connectivity index (χ2n) is 5.33. The minimum Gasteiger partial charge on any atom is -0.490 e. The Bertz CT molecular complexity index is 680. The van der Waals surface area contributed by atoms with Crippen LogP contribution in [0.2, 0.25) is 0 Å². The van der Waals surface area contributed by atoms with Gasteiger partial charge in [0.15, 0.2) is 6.10 Å². The van der Waals surface area contributed by atoms with E-state index < -0.39 is 6.10 Å². The van der Waals surface area contributed by atoms with E-state index in [1.54, 1.807) is 37.3 Å². The minimum atomic E-state index is -0.589. The van der Waals surface area contributed by atoms with Gasteiger partial charge in [0.2, 0.25) is 0 Å². The van der Waals surface area contributed by atoms with Gasteiger partial charge in [-0.3, -0.25) is 4.79 Å². The van der Waals surface area contributed by atoms with E-state index in [2.05, 4.69) is 18.8 Å². The van der Waals surface area contributed by atoms with Gasteiger partial charge in [0, 0.05) is 5.69 Å². The zero-order valence-corrected chi connectivity index (χ0v) is 14.1. The monoisotopic (exact) mass is 325 g/mol. The number of hydrogen-bond donors (Lipinski definition) is 1. The molecule has 0 fully saturated rings. The Morgan fingerprint density at radius 3 is 2.58 bits per heavy atom. The summed E-state index contributed by atoms with van der Waals surface area (Å²) in [5.41, 5.74) is 1.78. The quantitative estimate of drug-likeness (QED) is 0.739. The van der Waals surface area contributed by atoms with Gasteiger partial charge >= 0.3 is 0 Å². The molecule has 0 heterocycles. The summed E-state index contributed by atoms with van der Waals surface area (Å²) >= 11 is 0. The lowest BCUT2D eigenvalue weighted by Gasteiger charge is -2.17. The Kier molecular flexibility index (Phi) is 6.43. The van der Waals surface area contributed by atoms with Crippen LogP contribution in [0.3, 0.4) is 0 Å². The van der Waals surface area contributed by atoms with Crippen molar-refractivity contribution in [2.75, 3.05) is 11.9 Å². The maximum Gasteiger partial charge on any atom is 0.265 e. The second-order valence-corrected chi connectivity index (χ2v) is 5.33. The van der Waals surface area contributed by atoms with Gasteiger partial charge in [0.25, 0.3) is 5.91 Å². The Balaban J connectivity index is 1.94. The molecule has 0 saturated carbocycles. The number of carbonyl (C=O) groups is 1. The van der Waals surface area contributed by atoms with E-state index in [1.165, 1.54) is 0 Å². The first kappa shape index (κ1) is 17.6. The van der Waals surface area contributed by atoms with Crippen molar-refractivity contribution in [1.29, 1.82) is 0 Å². The Hall–Kier alpha value is -2.75. The van der Waals surface area contributed by atoms with Gasteiger partial charge < -0.3 is 14.8 Å². The van der Waals surface area contributed by atoms with Crippen molar-refractivity contribution in [1.82, 2.24) is 0 Å². The average molecular weight is 325 g/mol. The van der Waals surface area contributed by atoms with Crippen LogP contribution in [-0.4, -0.2) is 18.6 Å². The van der Waals surface area contributed by atoms with Crippen LogP contribution in [0, 0.1) is 0 Å². The molecular weight excluding hydrogens is 302 g/mol. The van der Waals surface area contributed by atoms with Gasteiger partial charge in [-0.15, -0.1) is 0 Å². The molecule has 0 aliphatic heterocycles. The van der Waals surface area contributed by atoms with Crippen LogP contribution in [0.15, 0.2) is 61.2 Å². The molecule has 4 nitrogen and oxygen atoms in total. The van der Waals surface area contributed by atoms with E-state index in [-0.39, 0.29) is 5.91 Å². The third kappa shape index (κ3) is 4.88. The number of ether oxygens (including phenoxy) is 2. The Labute approximate surface area is 143 Å². The fourth-order valence-corrected chi connectivity index (χ4v) is 2.19. The van der Waals surface area contributed by atoms with Crippen molar-refractivity contribution in [3.05, 3.63) is 66.7 Å². The highest BCUT2D eigenvalue weighted by atomic mass is 16.5. The number of para-hydroxylation sites is 1. The van der Waals surface area contributed by atoms with Crippen molar-refractivity contribution >= 4 is 11.6 Å². The van der Waals surface area contributed by atoms with E-state index in [4.69, 9.17) is 9.47 Å². The molecule has 0 aromatic heterocycles. The first-order valence-corrected chi connectivity index (χ1v) is 8.03. The molecule has 0 aliphatic carbocycles. The van der Waals surface area contributed by atoms with Gasteiger partial charge in [-0.25, -0.2) is 0 Å². The number of hydrogen-bond acceptors (Lipinski definition) is 3. The van der Waals surface area contributed by atoms with Crippen molar-refractivity contribution in [2.45, 2.75) is 26.4 Å². The van der Waals surface area contributed by atoms with Gasteiger partial charge in [0.05, 0.1) is 0 Å². The van der Waals surface area contributed by atoms with Crippen LogP contribution in [0.4, 0.5) is 5.69 Å². The molecule has 1 amide bonds. The largest absolute Gasteiger partial charge is 0.490 e. The van der Waals surface area contributed by atoms with Crippen molar-refractivity contribution in [2.24, 2.45) is 0 Å². The minimum absolute atomic E-state index is 0.194. The molecule has 0 aliphatic rings. The number of aryl methyl sites for hydroxylation is 1. The summed E-state index contributed by atoms with van der Waals surface area (Å²) in [6.07, 6.45) is 1.95. The zero-order chi connectivity index (χ0) is 17.4. The molecule has 24 heavy (non-hydrogen) atoms. The molecule has 126 valence electrons. The molecule has 2 aromatic rings. The number of carbonyl (C=O) groups excluding carboxylic acids is 1. The zero-order valence-electron chi connectivity index (χ0n) is 14.1. The molecule has 0 spiro atoms. The second kappa shape index (κ2) is 8.77. The average Bonchev–Trinajstić information content (AvgIpc) is 2.61. The highest BCUT2D eigenvalue weighted by Crippen LogP contribution is 2.21. The highest BCUT2D eigenvalue weighted by Gasteiger charge is 2.16. The summed E-state index contributed by atoms with van der Waals surface area (Å²) in [6, 6.07) is 14.9. The Morgan fingerprint density at radius 2 is 1.92 bits per heavy atom. The molecule has 4 heteroatoms. The summed E-state index contributed by atoms with van der Waals surface area (Å²) in [6.45, 7) is 7.85. The van der Waals surface area contributed by atoms with Crippen LogP contribution >= 0.6 is 0 Å². The molecule has 0 unspecified atom stereocenters. The first-order chi connectivity index (χ1) is 11.6. The summed E-state index contributed by atoms with van der Waals surface area (Å²) in [7, 11) is 0. The van der Waals surface area contributed by atoms with Gasteiger partial charge in [0.1, 0.15) is 18.1 Å². The number of anilines is 1. The predicted molar refractivity (Wildman–Crippen MR) is 96.7 cm³/mol. The van der Waals surface area contributed by atoms with Crippen molar-refractivity contribution in [3.8, 4) is 11.5 Å². The lowest BCUT2D eigenvalue weighted by molar-refractivity contribution is -0.122. The van der Waals surface area contributed by atoms with E-state index in [9.17, 15) is 4.79 Å². The number of rotatable bonds is 8. The molecule has 0 radical (unpaired) electrons. The number of benzene rings is 2. The van der Waals surface area contributed by atoms with Crippen LogP contribution in [0.5, 0.6) is 11.5 Å². The van der Waals surface area contributed by atoms with Gasteiger partial charge in [-0.2, -0.15) is 0 Å². The highest BCUT2D eigenvalue weighted by molar-refractivity contribution is 5.94. The van der Waals surface area contributed by atoms with E-state index in [0.29, 0.717) is 12.3 Å². The molecule has 0 bridgehead atoms. The SMILES string of the molecule is C=CCOc1ccc(NC(=O)[C@@H](C)Oc2ccccc2CC)cc1. The van der Waals surface area contributed by atoms with Gasteiger partial charge in [-0.05, 0) is 49.2 Å². The van der Waals surface area contributed by atoms with Crippen LogP contribution in [0.25, 0.3) is 0 Å². The van der Waals surface area contributed by atoms with E-state index in [1.807, 2.05) is 24.3 Å². The molecule has 2 aromatic carbocycles. The fraction of sp³-hybridized carbons (Fsp3) is 0.250. The first-order valence-electron chi connectivity index (χ1n) is 8.03. The lowest BCUT2D eigenvalue weighted by atomic mass is 10.1. The van der Waals surface area contributed by atoms with Crippen LogP contribution in [0.1, 0.15) is 19.4 Å². The lowest BCUT2D eigenvalue weighted by Crippen LogP contribution is -2.30. The third-order valence-electron chi connectivity index (χ3n) is 3.52. The molecule has 2 rings (SSSR count). The third-order valence-corrected chi connectivity index (χ3v) is 3.52. The number of amides is 1. The maximum atomic E-state index is 12.3. The van der Waals surface area contributed by atoms with Crippen molar-refractivity contribution in [3.63, 3.8) is 0 Å². The maximum absolute atomic E-state index is 12.3. The normalized spacial score (nSPS) is 11.4. The molecule has 1 atom stereocenters. The molecule has 0 saturated heterocycles. The van der Waals surface area contributed by atoms with Crippen LogP contribution < -0.4 is 14.8 Å². The fourth-order valence-electron chi connectivity index (χ4n) is 2.19. The van der Waals surface area contributed by atoms with E-state index in [0.717, 1.165) is 23.5 Å². The molecule has 1 N–H and O–H groups in total. The topological polar surface area (TPSA) is 47.6 Å². The summed E-state index contributed by atoms with van der Waals surface area (Å²) in [4.78, 5) is 12.3. The van der Waals surface area contributed by atoms with Crippen LogP contribution in [-0.2, 0) is 11.2 Å². The smallest absolute Gasteiger partial charge is 0.265 e. The summed E-state index contributed by atoms with van der Waals surface area (Å²) in [5, 5.41) is 2.84. The predicted octanol–water partition coefficient (Wildman–Crippen LogP) is 4.22. The van der Waals surface area contributed by atoms with E-state index >= 15 is 0 Å². The summed E-state index contributed by atoms with van der Waals surface area (Å²) < 4.78 is 11.2. The molecular formula is C20H23NO3. The van der Waals surface area contributed by atoms with Gasteiger partial charge in [-0.1, -0.05) is 37.8 Å². The summed E-state index contributed by atoms with van der Waals surface area (Å²) in [5.74, 6) is 1.28.